The van der Waals surface area contributed by atoms with Gasteiger partial charge in [0.15, 0.2) is 5.78 Å². The summed E-state index contributed by atoms with van der Waals surface area (Å²) in [5.41, 5.74) is 0.978. The number of carbonyl (C=O) groups is 3. The van der Waals surface area contributed by atoms with Crippen LogP contribution in [-0.4, -0.2) is 36.9 Å². The summed E-state index contributed by atoms with van der Waals surface area (Å²) >= 11 is 0. The van der Waals surface area contributed by atoms with Gasteiger partial charge >= 0.3 is 5.97 Å². The smallest absolute Gasteiger partial charge is 0.308 e. The van der Waals surface area contributed by atoms with Crippen LogP contribution in [0.5, 0.6) is 5.75 Å². The lowest BCUT2D eigenvalue weighted by Gasteiger charge is -2.27. The monoisotopic (exact) mass is 455 g/mol. The second-order valence-corrected chi connectivity index (χ2v) is 8.16. The van der Waals surface area contributed by atoms with E-state index >= 15 is 0 Å². The van der Waals surface area contributed by atoms with Crippen LogP contribution in [0.2, 0.25) is 0 Å². The van der Waals surface area contributed by atoms with Crippen LogP contribution in [0.15, 0.2) is 48.5 Å². The zero-order valence-corrected chi connectivity index (χ0v) is 18.8. The number of nitrogens with one attached hydrogen (secondary N) is 1. The minimum absolute atomic E-state index is 0.00692. The van der Waals surface area contributed by atoms with Crippen LogP contribution in [-0.2, 0) is 9.53 Å². The minimum atomic E-state index is -0.394. The molecular formula is C26H30FNO5. The summed E-state index contributed by atoms with van der Waals surface area (Å²) in [6.45, 7) is 2.58. The summed E-state index contributed by atoms with van der Waals surface area (Å²) in [6.07, 6.45) is 3.99. The number of carbonyl (C=O) groups excluding carboxylic acids is 3. The van der Waals surface area contributed by atoms with Gasteiger partial charge in [0.2, 0.25) is 0 Å². The molecule has 1 amide bonds. The summed E-state index contributed by atoms with van der Waals surface area (Å²) < 4.78 is 24.0. The topological polar surface area (TPSA) is 81.7 Å². The molecule has 0 bridgehead atoms. The highest BCUT2D eigenvalue weighted by atomic mass is 19.1. The molecule has 0 atom stereocenters. The number of ketones is 1. The van der Waals surface area contributed by atoms with Crippen molar-refractivity contribution in [2.24, 2.45) is 5.92 Å². The van der Waals surface area contributed by atoms with E-state index in [2.05, 4.69) is 5.32 Å². The van der Waals surface area contributed by atoms with Gasteiger partial charge in [0, 0.05) is 24.1 Å². The van der Waals surface area contributed by atoms with Gasteiger partial charge in [0.05, 0.1) is 18.6 Å². The van der Waals surface area contributed by atoms with E-state index in [-0.39, 0.29) is 29.7 Å². The van der Waals surface area contributed by atoms with E-state index in [0.29, 0.717) is 42.9 Å². The van der Waals surface area contributed by atoms with Crippen LogP contribution in [0.4, 0.5) is 4.39 Å². The molecule has 7 heteroatoms. The van der Waals surface area contributed by atoms with E-state index in [4.69, 9.17) is 9.47 Å². The molecular weight excluding hydrogens is 425 g/mol. The number of ether oxygens (including phenoxy) is 2. The molecule has 0 radical (unpaired) electrons. The van der Waals surface area contributed by atoms with Gasteiger partial charge in [-0.3, -0.25) is 14.4 Å². The van der Waals surface area contributed by atoms with Crippen LogP contribution >= 0.6 is 0 Å². The first-order valence-electron chi connectivity index (χ1n) is 11.5. The molecule has 0 spiro atoms. The SMILES string of the molecule is CCOC(=O)C1CCC(Oc2ccc(C(=O)CCCNC(=O)c3ccc(F)cc3)cc2)CC1. The zero-order chi connectivity index (χ0) is 23.6. The van der Waals surface area contributed by atoms with Gasteiger partial charge in [0.1, 0.15) is 11.6 Å². The zero-order valence-electron chi connectivity index (χ0n) is 18.8. The highest BCUT2D eigenvalue weighted by Gasteiger charge is 2.28. The molecule has 1 aliphatic carbocycles. The molecule has 0 aliphatic heterocycles. The molecule has 2 aromatic rings. The molecule has 2 aromatic carbocycles. The van der Waals surface area contributed by atoms with Crippen molar-refractivity contribution < 1.29 is 28.2 Å². The Hall–Kier alpha value is -3.22. The first-order chi connectivity index (χ1) is 16.0. The number of benzene rings is 2. The fourth-order valence-electron chi connectivity index (χ4n) is 3.89. The van der Waals surface area contributed by atoms with Gasteiger partial charge in [0.25, 0.3) is 5.91 Å². The molecule has 33 heavy (non-hydrogen) atoms. The Bertz CT molecular complexity index is 934. The molecule has 176 valence electrons. The Morgan fingerprint density at radius 2 is 1.58 bits per heavy atom. The quantitative estimate of drug-likeness (QED) is 0.319. The first kappa shape index (κ1) is 24.4. The van der Waals surface area contributed by atoms with Crippen molar-refractivity contribution >= 4 is 17.7 Å². The molecule has 1 aliphatic rings. The Morgan fingerprint density at radius 1 is 0.939 bits per heavy atom. The third-order valence-corrected chi connectivity index (χ3v) is 5.75. The van der Waals surface area contributed by atoms with E-state index in [1.807, 2.05) is 6.92 Å². The van der Waals surface area contributed by atoms with E-state index in [1.54, 1.807) is 24.3 Å². The van der Waals surface area contributed by atoms with Crippen LogP contribution < -0.4 is 10.1 Å². The molecule has 0 unspecified atom stereocenters. The molecule has 0 saturated heterocycles. The average Bonchev–Trinajstić information content (AvgIpc) is 2.83. The van der Waals surface area contributed by atoms with Gasteiger partial charge in [-0.15, -0.1) is 0 Å². The average molecular weight is 456 g/mol. The second kappa shape index (κ2) is 12.1. The third kappa shape index (κ3) is 7.41. The van der Waals surface area contributed by atoms with Crippen molar-refractivity contribution in [2.45, 2.75) is 51.6 Å². The van der Waals surface area contributed by atoms with Crippen LogP contribution in [0.1, 0.15) is 66.2 Å². The van der Waals surface area contributed by atoms with E-state index in [0.717, 1.165) is 25.7 Å². The summed E-state index contributed by atoms with van der Waals surface area (Å²) in [5, 5.41) is 2.73. The van der Waals surface area contributed by atoms with E-state index in [1.165, 1.54) is 24.3 Å². The van der Waals surface area contributed by atoms with Crippen molar-refractivity contribution in [3.63, 3.8) is 0 Å². The van der Waals surface area contributed by atoms with Crippen molar-refractivity contribution in [1.29, 1.82) is 0 Å². The highest BCUT2D eigenvalue weighted by molar-refractivity contribution is 5.96. The van der Waals surface area contributed by atoms with Crippen molar-refractivity contribution in [1.82, 2.24) is 5.32 Å². The predicted molar refractivity (Wildman–Crippen MR) is 122 cm³/mol. The molecule has 0 aromatic heterocycles. The van der Waals surface area contributed by atoms with Crippen LogP contribution in [0, 0.1) is 11.7 Å². The maximum absolute atomic E-state index is 12.9. The number of Topliss-reactive ketones (excluding diaryl/α,β-unsaturated/α-hetero) is 1. The predicted octanol–water partition coefficient (Wildman–Crippen LogP) is 4.72. The number of halogens is 1. The van der Waals surface area contributed by atoms with Gasteiger partial charge in [-0.25, -0.2) is 4.39 Å². The largest absolute Gasteiger partial charge is 0.490 e. The van der Waals surface area contributed by atoms with Crippen LogP contribution in [0.3, 0.4) is 0 Å². The summed E-state index contributed by atoms with van der Waals surface area (Å²) in [6, 6.07) is 12.4. The Labute approximate surface area is 193 Å². The van der Waals surface area contributed by atoms with Crippen molar-refractivity contribution in [3.8, 4) is 5.75 Å². The Kier molecular flexibility index (Phi) is 8.98. The summed E-state index contributed by atoms with van der Waals surface area (Å²) in [4.78, 5) is 36.2. The third-order valence-electron chi connectivity index (χ3n) is 5.75. The van der Waals surface area contributed by atoms with E-state index in [9.17, 15) is 18.8 Å². The molecule has 1 fully saturated rings. The fraction of sp³-hybridized carbons (Fsp3) is 0.423. The number of amides is 1. The number of hydrogen-bond acceptors (Lipinski definition) is 5. The Morgan fingerprint density at radius 3 is 2.21 bits per heavy atom. The minimum Gasteiger partial charge on any atom is -0.490 e. The normalized spacial score (nSPS) is 17.8. The van der Waals surface area contributed by atoms with Gasteiger partial charge in [-0.05, 0) is 87.6 Å². The number of esters is 1. The van der Waals surface area contributed by atoms with Gasteiger partial charge < -0.3 is 14.8 Å². The van der Waals surface area contributed by atoms with Gasteiger partial charge in [-0.1, -0.05) is 0 Å². The van der Waals surface area contributed by atoms with Crippen molar-refractivity contribution in [3.05, 3.63) is 65.5 Å². The fourth-order valence-corrected chi connectivity index (χ4v) is 3.89. The molecule has 3 rings (SSSR count). The number of hydrogen-bond donors (Lipinski definition) is 1. The molecule has 1 N–H and O–H groups in total. The van der Waals surface area contributed by atoms with Gasteiger partial charge in [-0.2, -0.15) is 0 Å². The lowest BCUT2D eigenvalue weighted by molar-refractivity contribution is -0.149. The highest BCUT2D eigenvalue weighted by Crippen LogP contribution is 2.28. The molecule has 1 saturated carbocycles. The Balaban J connectivity index is 1.37. The van der Waals surface area contributed by atoms with E-state index < -0.39 is 5.82 Å². The molecule has 0 heterocycles. The first-order valence-corrected chi connectivity index (χ1v) is 11.5. The molecule has 6 nitrogen and oxygen atoms in total. The lowest BCUT2D eigenvalue weighted by Crippen LogP contribution is -2.29. The summed E-state index contributed by atoms with van der Waals surface area (Å²) in [7, 11) is 0. The lowest BCUT2D eigenvalue weighted by atomic mass is 9.87. The van der Waals surface area contributed by atoms with Crippen LogP contribution in [0.25, 0.3) is 0 Å². The van der Waals surface area contributed by atoms with Crippen molar-refractivity contribution in [2.75, 3.05) is 13.2 Å². The number of rotatable bonds is 10. The maximum atomic E-state index is 12.9. The maximum Gasteiger partial charge on any atom is 0.308 e. The second-order valence-electron chi connectivity index (χ2n) is 8.16. The standard InChI is InChI=1S/C26H30FNO5/c1-2-32-26(31)20-9-15-23(16-10-20)33-22-13-7-18(8-14-22)24(29)4-3-17-28-25(30)19-5-11-21(27)12-6-19/h5-8,11-14,20,23H,2-4,9-10,15-17H2,1H3,(H,28,30). The summed E-state index contributed by atoms with van der Waals surface area (Å²) in [5.74, 6) is -0.139.